The van der Waals surface area contributed by atoms with E-state index in [4.69, 9.17) is 9.47 Å². The van der Waals surface area contributed by atoms with Crippen molar-refractivity contribution >= 4 is 23.6 Å². The van der Waals surface area contributed by atoms with Crippen LogP contribution in [0.3, 0.4) is 0 Å². The molecule has 2 rings (SSSR count). The Hall–Kier alpha value is -2.32. The van der Waals surface area contributed by atoms with Crippen LogP contribution in [0.4, 0.5) is 0 Å². The smallest absolute Gasteiger partial charge is 0.245 e. The van der Waals surface area contributed by atoms with E-state index in [9.17, 15) is 19.2 Å². The zero-order valence-electron chi connectivity index (χ0n) is 33.3. The van der Waals surface area contributed by atoms with Gasteiger partial charge < -0.3 is 40.1 Å². The van der Waals surface area contributed by atoms with Crippen molar-refractivity contribution in [2.75, 3.05) is 81.2 Å². The number of rotatable bonds is 20. The van der Waals surface area contributed by atoms with Crippen molar-refractivity contribution in [1.29, 1.82) is 0 Å². The van der Waals surface area contributed by atoms with Crippen molar-refractivity contribution in [3.63, 3.8) is 0 Å². The molecule has 3 unspecified atom stereocenters. The fourth-order valence-electron chi connectivity index (χ4n) is 7.62. The van der Waals surface area contributed by atoms with Gasteiger partial charge in [-0.1, -0.05) is 54.9 Å². The van der Waals surface area contributed by atoms with Crippen LogP contribution in [0.1, 0.15) is 74.1 Å². The molecule has 2 heterocycles. The van der Waals surface area contributed by atoms with Crippen LogP contribution in [0.5, 0.6) is 0 Å². The van der Waals surface area contributed by atoms with Gasteiger partial charge in [-0.05, 0) is 44.7 Å². The third-order valence-electron chi connectivity index (χ3n) is 11.1. The monoisotopic (exact) mass is 710 g/mol. The summed E-state index contributed by atoms with van der Waals surface area (Å²) in [5, 5.41) is 9.16. The molecular formula is C37H71N7O6. The lowest BCUT2D eigenvalue weighted by Crippen LogP contribution is -2.59. The van der Waals surface area contributed by atoms with Gasteiger partial charge in [0.1, 0.15) is 6.04 Å². The second-order valence-electron chi connectivity index (χ2n) is 15.3. The molecular weight excluding hydrogens is 638 g/mol. The number of nitrogens with zero attached hydrogens (tertiary/aromatic N) is 4. The first-order chi connectivity index (χ1) is 23.6. The van der Waals surface area contributed by atoms with Gasteiger partial charge in [-0.2, -0.15) is 0 Å². The summed E-state index contributed by atoms with van der Waals surface area (Å²) in [6.45, 7) is 19.8. The standard InChI is InChI=1S/C37H71N7O6/c1-13-26(6)33(42(10)37(48)32(25(4)5)40-36(47)31(38-8)24(2)3)29(49-11)23-30(45)44-17-14-15-28(44)34(50-12)27(7)35(46)39-16-18-43-21-19-41(9)20-22-43/h24-29,31-34,38H,13-23H2,1-12H3,(H,39,46)(H,40,47)/t26-,27+,28?,29+,31?,32?,33-,34+/m0/s1. The van der Waals surface area contributed by atoms with Gasteiger partial charge in [0.05, 0.1) is 42.7 Å². The highest BCUT2D eigenvalue weighted by atomic mass is 16.5. The molecule has 8 atom stereocenters. The molecule has 3 N–H and O–H groups in total. The Kier molecular flexibility index (Phi) is 18.6. The van der Waals surface area contributed by atoms with Crippen molar-refractivity contribution in [2.45, 2.75) is 111 Å². The van der Waals surface area contributed by atoms with Crippen LogP contribution in [0, 0.1) is 23.7 Å². The highest BCUT2D eigenvalue weighted by Crippen LogP contribution is 2.29. The lowest BCUT2D eigenvalue weighted by atomic mass is 9.89. The molecule has 2 fully saturated rings. The molecule has 0 saturated carbocycles. The SMILES string of the molecule is CC[C@H](C)[C@@H]([C@@H](CC(=O)N1CCCC1[C@H](OC)[C@@H](C)C(=O)NCCN1CCN(C)CC1)OC)N(C)C(=O)C(NC(=O)C(NC)C(C)C)C(C)C. The van der Waals surface area contributed by atoms with Crippen molar-refractivity contribution in [1.82, 2.24) is 35.6 Å². The normalized spacial score (nSPS) is 21.7. The molecule has 50 heavy (non-hydrogen) atoms. The second kappa shape index (κ2) is 21.3. The van der Waals surface area contributed by atoms with E-state index in [-0.39, 0.29) is 53.8 Å². The average Bonchev–Trinajstić information content (AvgIpc) is 3.57. The maximum absolute atomic E-state index is 14.1. The van der Waals surface area contributed by atoms with Gasteiger partial charge in [-0.25, -0.2) is 0 Å². The Balaban J connectivity index is 2.16. The lowest BCUT2D eigenvalue weighted by Gasteiger charge is -2.41. The second-order valence-corrected chi connectivity index (χ2v) is 15.3. The van der Waals surface area contributed by atoms with Crippen molar-refractivity contribution < 1.29 is 28.7 Å². The fourth-order valence-corrected chi connectivity index (χ4v) is 7.62. The minimum absolute atomic E-state index is 0.0154. The Morgan fingerprint density at radius 3 is 2.02 bits per heavy atom. The summed E-state index contributed by atoms with van der Waals surface area (Å²) in [5.74, 6) is -1.11. The first-order valence-electron chi connectivity index (χ1n) is 18.9. The topological polar surface area (TPSA) is 136 Å². The summed E-state index contributed by atoms with van der Waals surface area (Å²) >= 11 is 0. The number of carbonyl (C=O) groups is 4. The molecule has 2 aliphatic rings. The van der Waals surface area contributed by atoms with E-state index in [1.54, 1.807) is 33.2 Å². The van der Waals surface area contributed by atoms with Crippen molar-refractivity contribution in [3.05, 3.63) is 0 Å². The molecule has 0 spiro atoms. The minimum atomic E-state index is -0.735. The number of hydrogen-bond acceptors (Lipinski definition) is 9. The molecule has 0 aromatic carbocycles. The third kappa shape index (κ3) is 11.9. The number of nitrogens with one attached hydrogen (secondary N) is 3. The molecule has 13 heteroatoms. The predicted octanol–water partition coefficient (Wildman–Crippen LogP) is 1.66. The van der Waals surface area contributed by atoms with Gasteiger partial charge in [0.25, 0.3) is 0 Å². The Morgan fingerprint density at radius 2 is 1.50 bits per heavy atom. The molecule has 0 radical (unpaired) electrons. The molecule has 2 saturated heterocycles. The maximum Gasteiger partial charge on any atom is 0.245 e. The van der Waals surface area contributed by atoms with E-state index in [2.05, 4.69) is 46.6 Å². The molecule has 13 nitrogen and oxygen atoms in total. The summed E-state index contributed by atoms with van der Waals surface area (Å²) in [4.78, 5) is 62.8. The summed E-state index contributed by atoms with van der Waals surface area (Å²) in [6, 6.07) is -1.81. The lowest BCUT2D eigenvalue weighted by molar-refractivity contribution is -0.147. The third-order valence-corrected chi connectivity index (χ3v) is 11.1. The first-order valence-corrected chi connectivity index (χ1v) is 18.9. The van der Waals surface area contributed by atoms with E-state index < -0.39 is 36.3 Å². The van der Waals surface area contributed by atoms with Gasteiger partial charge in [-0.3, -0.25) is 24.1 Å². The number of carbonyl (C=O) groups excluding carboxylic acids is 4. The summed E-state index contributed by atoms with van der Waals surface area (Å²) in [6.07, 6.45) is 1.38. The first kappa shape index (κ1) is 43.8. The minimum Gasteiger partial charge on any atom is -0.379 e. The maximum atomic E-state index is 14.1. The number of likely N-dealkylation sites (tertiary alicyclic amines) is 1. The highest BCUT2D eigenvalue weighted by molar-refractivity contribution is 5.90. The number of piperazine rings is 1. The van der Waals surface area contributed by atoms with Crippen LogP contribution in [0.2, 0.25) is 0 Å². The van der Waals surface area contributed by atoms with E-state index >= 15 is 0 Å². The fraction of sp³-hybridized carbons (Fsp3) is 0.892. The van der Waals surface area contributed by atoms with E-state index in [0.717, 1.165) is 52.0 Å². The molecule has 0 aliphatic carbocycles. The van der Waals surface area contributed by atoms with Gasteiger partial charge >= 0.3 is 0 Å². The Bertz CT molecular complexity index is 1070. The Labute approximate surface area is 302 Å². The predicted molar refractivity (Wildman–Crippen MR) is 198 cm³/mol. The van der Waals surface area contributed by atoms with Crippen molar-refractivity contribution in [3.8, 4) is 0 Å². The summed E-state index contributed by atoms with van der Waals surface area (Å²) < 4.78 is 11.9. The van der Waals surface area contributed by atoms with Gasteiger partial charge in [-0.15, -0.1) is 0 Å². The van der Waals surface area contributed by atoms with Crippen LogP contribution in [-0.2, 0) is 28.7 Å². The number of hydrogen-bond donors (Lipinski definition) is 3. The molecule has 2 aliphatic heterocycles. The zero-order valence-corrected chi connectivity index (χ0v) is 33.3. The Morgan fingerprint density at radius 1 is 0.880 bits per heavy atom. The van der Waals surface area contributed by atoms with Crippen LogP contribution in [0.15, 0.2) is 0 Å². The quantitative estimate of drug-likeness (QED) is 0.173. The van der Waals surface area contributed by atoms with Crippen molar-refractivity contribution in [2.24, 2.45) is 23.7 Å². The van der Waals surface area contributed by atoms with Crippen LogP contribution < -0.4 is 16.0 Å². The average molecular weight is 710 g/mol. The van der Waals surface area contributed by atoms with Gasteiger partial charge in [0.2, 0.25) is 23.6 Å². The molecule has 0 aromatic heterocycles. The van der Waals surface area contributed by atoms with Gasteiger partial charge in [0, 0.05) is 67.1 Å². The van der Waals surface area contributed by atoms with Gasteiger partial charge in [0.15, 0.2) is 0 Å². The highest BCUT2D eigenvalue weighted by Gasteiger charge is 2.43. The largest absolute Gasteiger partial charge is 0.379 e. The number of ether oxygens (including phenoxy) is 2. The number of likely N-dealkylation sites (N-methyl/N-ethyl adjacent to an activating group) is 3. The molecule has 0 bridgehead atoms. The molecule has 290 valence electrons. The van der Waals surface area contributed by atoms with E-state index in [1.807, 2.05) is 39.5 Å². The molecule has 0 aromatic rings. The number of amides is 4. The van der Waals surface area contributed by atoms with Crippen LogP contribution in [0.25, 0.3) is 0 Å². The van der Waals surface area contributed by atoms with E-state index in [1.165, 1.54) is 0 Å². The number of methoxy groups -OCH3 is 2. The molecule has 4 amide bonds. The summed E-state index contributed by atoms with van der Waals surface area (Å²) in [7, 11) is 8.82. The van der Waals surface area contributed by atoms with Crippen LogP contribution >= 0.6 is 0 Å². The zero-order chi connectivity index (χ0) is 37.7. The summed E-state index contributed by atoms with van der Waals surface area (Å²) in [5.41, 5.74) is 0. The van der Waals surface area contributed by atoms with Crippen LogP contribution in [-0.4, -0.2) is 161 Å². The van der Waals surface area contributed by atoms with E-state index in [0.29, 0.717) is 13.1 Å².